The number of rotatable bonds is 5. The van der Waals surface area contributed by atoms with Crippen molar-refractivity contribution in [2.45, 2.75) is 37.5 Å². The average molecular weight is 318 g/mol. The molecule has 124 valence electrons. The predicted molar refractivity (Wildman–Crippen MR) is 82.6 cm³/mol. The lowest BCUT2D eigenvalue weighted by Gasteiger charge is -2.36. The molecule has 1 aliphatic heterocycles. The van der Waals surface area contributed by atoms with Gasteiger partial charge in [-0.3, -0.25) is 0 Å². The highest BCUT2D eigenvalue weighted by Gasteiger charge is 2.40. The number of aliphatic hydroxyl groups is 1. The van der Waals surface area contributed by atoms with Crippen LogP contribution in [0.1, 0.15) is 19.0 Å². The van der Waals surface area contributed by atoms with Crippen molar-refractivity contribution in [3.8, 4) is 0 Å². The molecule has 1 aliphatic rings. The van der Waals surface area contributed by atoms with Crippen molar-refractivity contribution in [1.82, 2.24) is 4.98 Å². The first-order chi connectivity index (χ1) is 11.0. The molecule has 2 heterocycles. The number of hydrogen-bond acceptors (Lipinski definition) is 4. The maximum Gasteiger partial charge on any atom is 0.139 e. The average Bonchev–Trinajstić information content (AvgIpc) is 2.90. The number of ether oxygens (including phenoxy) is 1. The third kappa shape index (κ3) is 3.55. The summed E-state index contributed by atoms with van der Waals surface area (Å²) in [6.45, 7) is 2.56. The fourth-order valence-corrected chi connectivity index (χ4v) is 3.11. The van der Waals surface area contributed by atoms with Crippen LogP contribution in [-0.2, 0) is 16.0 Å². The van der Waals surface area contributed by atoms with Gasteiger partial charge in [0.05, 0.1) is 5.97 Å². The van der Waals surface area contributed by atoms with Crippen LogP contribution in [-0.4, -0.2) is 47.0 Å². The van der Waals surface area contributed by atoms with Gasteiger partial charge in [0.1, 0.15) is 24.3 Å². The number of carbonyl (C=O) groups excluding carboxylic acids is 1. The van der Waals surface area contributed by atoms with E-state index in [1.54, 1.807) is 12.2 Å². The van der Waals surface area contributed by atoms with Crippen molar-refractivity contribution in [2.24, 2.45) is 0 Å². The molecule has 0 radical (unpaired) electrons. The maximum absolute atomic E-state index is 11.5. The molecule has 1 saturated heterocycles. The number of aliphatic carboxylic acids is 1. The topological polar surface area (TPSA) is 102 Å². The van der Waals surface area contributed by atoms with Gasteiger partial charge < -0.3 is 30.0 Å². The second-order valence-electron chi connectivity index (χ2n) is 6.49. The number of hydrogen-bond donors (Lipinski definition) is 3. The maximum atomic E-state index is 11.5. The first-order valence-electron chi connectivity index (χ1n) is 7.88. The minimum Gasteiger partial charge on any atom is -0.544 e. The zero-order chi connectivity index (χ0) is 16.4. The summed E-state index contributed by atoms with van der Waals surface area (Å²) in [6, 6.07) is 8.67. The van der Waals surface area contributed by atoms with Crippen LogP contribution in [0.3, 0.4) is 0 Å². The number of quaternary nitrogens is 1. The molecule has 0 spiro atoms. The fraction of sp³-hybridized carbons (Fsp3) is 0.471. The third-order valence-electron chi connectivity index (χ3n) is 4.64. The lowest BCUT2D eigenvalue weighted by molar-refractivity contribution is -0.731. The standard InChI is InChI=1S/C17H22N2O4/c1-17(22)6-7-23-10-15(17)19-14(16(20)21)9-12-8-11-4-2-3-5-13(11)18-12/h2-5,8,14-15,18-19,22H,6-7,9-10H2,1H3,(H,20,21)/t14-,15+,17+/m0/s1. The molecule has 3 rings (SSSR count). The van der Waals surface area contributed by atoms with Crippen LogP contribution in [0.15, 0.2) is 30.3 Å². The molecule has 3 atom stereocenters. The highest BCUT2D eigenvalue weighted by Crippen LogP contribution is 2.18. The van der Waals surface area contributed by atoms with Crippen LogP contribution in [0.2, 0.25) is 0 Å². The summed E-state index contributed by atoms with van der Waals surface area (Å²) in [4.78, 5) is 14.8. The van der Waals surface area contributed by atoms with Gasteiger partial charge in [-0.1, -0.05) is 18.2 Å². The van der Waals surface area contributed by atoms with E-state index in [0.29, 0.717) is 26.1 Å². The number of para-hydroxylation sites is 1. The van der Waals surface area contributed by atoms with E-state index in [-0.39, 0.29) is 6.04 Å². The smallest absolute Gasteiger partial charge is 0.139 e. The molecule has 6 nitrogen and oxygen atoms in total. The lowest BCUT2D eigenvalue weighted by atomic mass is 9.90. The Morgan fingerprint density at radius 3 is 3.04 bits per heavy atom. The van der Waals surface area contributed by atoms with E-state index in [9.17, 15) is 15.0 Å². The van der Waals surface area contributed by atoms with E-state index in [4.69, 9.17) is 4.74 Å². The van der Waals surface area contributed by atoms with Gasteiger partial charge in [-0.15, -0.1) is 0 Å². The van der Waals surface area contributed by atoms with Gasteiger partial charge in [-0.05, 0) is 24.4 Å². The Hall–Kier alpha value is -1.89. The van der Waals surface area contributed by atoms with Gasteiger partial charge in [0.2, 0.25) is 0 Å². The molecule has 4 N–H and O–H groups in total. The molecule has 0 unspecified atom stereocenters. The van der Waals surface area contributed by atoms with Gasteiger partial charge in [0.25, 0.3) is 0 Å². The van der Waals surface area contributed by atoms with E-state index in [1.165, 1.54) is 0 Å². The molecule has 0 aliphatic carbocycles. The normalized spacial score (nSPS) is 26.3. The number of aromatic amines is 1. The molecule has 0 amide bonds. The Kier molecular flexibility index (Phi) is 4.39. The number of nitrogens with two attached hydrogens (primary N) is 1. The molecule has 1 aromatic heterocycles. The Bertz CT molecular complexity index is 662. The van der Waals surface area contributed by atoms with E-state index in [2.05, 4.69) is 4.98 Å². The van der Waals surface area contributed by atoms with Gasteiger partial charge >= 0.3 is 0 Å². The molecule has 0 bridgehead atoms. The fourth-order valence-electron chi connectivity index (χ4n) is 3.11. The Morgan fingerprint density at radius 2 is 2.35 bits per heavy atom. The first kappa shape index (κ1) is 16.0. The number of H-pyrrole nitrogens is 1. The number of nitrogens with one attached hydrogen (secondary N) is 1. The van der Waals surface area contributed by atoms with Crippen molar-refractivity contribution in [1.29, 1.82) is 0 Å². The van der Waals surface area contributed by atoms with Crippen LogP contribution in [0, 0.1) is 0 Å². The quantitative estimate of drug-likeness (QED) is 0.653. The van der Waals surface area contributed by atoms with Crippen molar-refractivity contribution < 1.29 is 25.1 Å². The summed E-state index contributed by atoms with van der Waals surface area (Å²) in [6.07, 6.45) is 0.809. The number of carboxylic acids is 1. The first-order valence-corrected chi connectivity index (χ1v) is 7.88. The van der Waals surface area contributed by atoms with Crippen LogP contribution in [0.4, 0.5) is 0 Å². The summed E-state index contributed by atoms with van der Waals surface area (Å²) < 4.78 is 5.38. The van der Waals surface area contributed by atoms with Crippen LogP contribution in [0.5, 0.6) is 0 Å². The van der Waals surface area contributed by atoms with Crippen LogP contribution < -0.4 is 10.4 Å². The Labute approximate surface area is 134 Å². The largest absolute Gasteiger partial charge is 0.544 e. The second-order valence-corrected chi connectivity index (χ2v) is 6.49. The Morgan fingerprint density at radius 1 is 1.57 bits per heavy atom. The SMILES string of the molecule is C[C@@]1(O)CCOC[C@H]1[NH2+][C@@H](Cc1cc2ccccc2[nH]1)C(=O)[O-]. The number of benzene rings is 1. The van der Waals surface area contributed by atoms with E-state index in [0.717, 1.165) is 16.6 Å². The van der Waals surface area contributed by atoms with E-state index in [1.807, 2.05) is 30.3 Å². The zero-order valence-corrected chi connectivity index (χ0v) is 13.1. The highest BCUT2D eigenvalue weighted by molar-refractivity contribution is 5.80. The lowest BCUT2D eigenvalue weighted by Crippen LogP contribution is -3.02. The van der Waals surface area contributed by atoms with Crippen LogP contribution in [0.25, 0.3) is 10.9 Å². The summed E-state index contributed by atoms with van der Waals surface area (Å²) >= 11 is 0. The van der Waals surface area contributed by atoms with Crippen molar-refractivity contribution in [2.75, 3.05) is 13.2 Å². The molecule has 0 saturated carbocycles. The number of fused-ring (bicyclic) bond motifs is 1. The predicted octanol–water partition coefficient (Wildman–Crippen LogP) is -1.07. The van der Waals surface area contributed by atoms with Crippen LogP contribution >= 0.6 is 0 Å². The monoisotopic (exact) mass is 318 g/mol. The van der Waals surface area contributed by atoms with E-state index < -0.39 is 17.6 Å². The molecule has 6 heteroatoms. The summed E-state index contributed by atoms with van der Waals surface area (Å²) in [5.74, 6) is -1.13. The molecule has 2 aromatic rings. The van der Waals surface area contributed by atoms with Gasteiger partial charge in [-0.2, -0.15) is 0 Å². The highest BCUT2D eigenvalue weighted by atomic mass is 16.5. The molecular formula is C17H22N2O4. The number of carboxylic acid groups (broad SMARTS) is 1. The Balaban J connectivity index is 1.75. The third-order valence-corrected chi connectivity index (χ3v) is 4.64. The molecule has 1 aromatic carbocycles. The van der Waals surface area contributed by atoms with Gasteiger partial charge in [0.15, 0.2) is 0 Å². The van der Waals surface area contributed by atoms with Gasteiger partial charge in [-0.25, -0.2) is 0 Å². The number of aromatic nitrogens is 1. The minimum absolute atomic E-state index is 0.309. The minimum atomic E-state index is -1.13. The van der Waals surface area contributed by atoms with Crippen molar-refractivity contribution >= 4 is 16.9 Å². The zero-order valence-electron chi connectivity index (χ0n) is 13.1. The summed E-state index contributed by atoms with van der Waals surface area (Å²) in [7, 11) is 0. The summed E-state index contributed by atoms with van der Waals surface area (Å²) in [5.41, 5.74) is 0.882. The van der Waals surface area contributed by atoms with Crippen molar-refractivity contribution in [3.05, 3.63) is 36.0 Å². The van der Waals surface area contributed by atoms with Gasteiger partial charge in [0, 0.05) is 30.7 Å². The molecule has 1 fully saturated rings. The van der Waals surface area contributed by atoms with Crippen molar-refractivity contribution in [3.63, 3.8) is 0 Å². The second kappa shape index (κ2) is 6.31. The molecular weight excluding hydrogens is 296 g/mol. The number of carbonyl (C=O) groups is 1. The summed E-state index contributed by atoms with van der Waals surface area (Å²) in [5, 5.41) is 24.7. The molecule has 23 heavy (non-hydrogen) atoms. The van der Waals surface area contributed by atoms with E-state index >= 15 is 0 Å².